The molecule has 2 N–H and O–H groups in total. The zero-order chi connectivity index (χ0) is 12.4. The molecule has 6 heteroatoms. The molecule has 2 aromatic rings. The minimum atomic E-state index is 0.231. The fraction of sp³-hybridized carbons (Fsp3) is 0.417. The van der Waals surface area contributed by atoms with Gasteiger partial charge in [-0.15, -0.1) is 0 Å². The summed E-state index contributed by atoms with van der Waals surface area (Å²) in [6.45, 7) is 0.861. The third kappa shape index (κ3) is 2.31. The summed E-state index contributed by atoms with van der Waals surface area (Å²) in [7, 11) is 0. The minimum Gasteiger partial charge on any atom is -0.369 e. The van der Waals surface area contributed by atoms with Crippen molar-refractivity contribution in [2.45, 2.75) is 25.7 Å². The molecule has 18 heavy (non-hydrogen) atoms. The summed E-state index contributed by atoms with van der Waals surface area (Å²) in [5.41, 5.74) is 2.20. The predicted octanol–water partition coefficient (Wildman–Crippen LogP) is 2.92. The third-order valence-electron chi connectivity index (χ3n) is 3.16. The van der Waals surface area contributed by atoms with Gasteiger partial charge in [-0.25, -0.2) is 0 Å². The van der Waals surface area contributed by atoms with Gasteiger partial charge in [0.05, 0.1) is 11.6 Å². The third-order valence-corrected chi connectivity index (χ3v) is 3.33. The molecule has 0 atom stereocenters. The average molecular weight is 264 g/mol. The number of nitrogens with one attached hydrogen (secondary N) is 2. The molecule has 3 rings (SSSR count). The zero-order valence-electron chi connectivity index (χ0n) is 9.91. The van der Waals surface area contributed by atoms with Gasteiger partial charge in [0.25, 0.3) is 0 Å². The van der Waals surface area contributed by atoms with Gasteiger partial charge in [0.15, 0.2) is 5.65 Å². The number of H-pyrrole nitrogens is 1. The van der Waals surface area contributed by atoms with Crippen molar-refractivity contribution in [3.63, 3.8) is 0 Å². The lowest BCUT2D eigenvalue weighted by Gasteiger charge is -2.07. The van der Waals surface area contributed by atoms with Gasteiger partial charge in [0.2, 0.25) is 5.28 Å². The summed E-state index contributed by atoms with van der Waals surface area (Å²) in [5.74, 6) is 0.748. The van der Waals surface area contributed by atoms with Gasteiger partial charge < -0.3 is 5.32 Å². The molecule has 0 bridgehead atoms. The average Bonchev–Trinajstić information content (AvgIpc) is 2.98. The molecular formula is C12H14ClN5. The van der Waals surface area contributed by atoms with E-state index in [2.05, 4.69) is 31.6 Å². The lowest BCUT2D eigenvalue weighted by atomic mass is 10.2. The number of nitrogens with zero attached hydrogens (tertiary/aromatic N) is 3. The van der Waals surface area contributed by atoms with Gasteiger partial charge in [-0.3, -0.25) is 5.10 Å². The number of hydrogen-bond acceptors (Lipinski definition) is 4. The SMILES string of the molecule is Clc1nc(NCCC2=CCCC2)c2cn[nH]c2n1. The highest BCUT2D eigenvalue weighted by atomic mass is 35.5. The van der Waals surface area contributed by atoms with E-state index in [4.69, 9.17) is 11.6 Å². The molecule has 0 amide bonds. The maximum atomic E-state index is 5.87. The van der Waals surface area contributed by atoms with E-state index >= 15 is 0 Å². The van der Waals surface area contributed by atoms with Crippen molar-refractivity contribution in [3.8, 4) is 0 Å². The Labute approximate surface area is 110 Å². The lowest BCUT2D eigenvalue weighted by Crippen LogP contribution is -2.05. The van der Waals surface area contributed by atoms with Crippen LogP contribution in [0.3, 0.4) is 0 Å². The highest BCUT2D eigenvalue weighted by Gasteiger charge is 2.09. The van der Waals surface area contributed by atoms with E-state index in [0.717, 1.165) is 24.2 Å². The Hall–Kier alpha value is -1.62. The fourth-order valence-corrected chi connectivity index (χ4v) is 2.42. The van der Waals surface area contributed by atoms with Gasteiger partial charge in [-0.1, -0.05) is 11.6 Å². The molecule has 0 fully saturated rings. The molecule has 0 radical (unpaired) electrons. The van der Waals surface area contributed by atoms with Crippen LogP contribution in [0.5, 0.6) is 0 Å². The number of fused-ring (bicyclic) bond motifs is 1. The fourth-order valence-electron chi connectivity index (χ4n) is 2.25. The summed E-state index contributed by atoms with van der Waals surface area (Å²) in [6, 6.07) is 0. The van der Waals surface area contributed by atoms with E-state index in [1.807, 2.05) is 0 Å². The van der Waals surface area contributed by atoms with Crippen molar-refractivity contribution in [2.75, 3.05) is 11.9 Å². The van der Waals surface area contributed by atoms with Crippen LogP contribution in [0.4, 0.5) is 5.82 Å². The van der Waals surface area contributed by atoms with Crippen LogP contribution in [0.1, 0.15) is 25.7 Å². The molecule has 0 saturated carbocycles. The molecule has 2 aromatic heterocycles. The van der Waals surface area contributed by atoms with Crippen LogP contribution >= 0.6 is 11.6 Å². The number of anilines is 1. The number of halogens is 1. The molecular weight excluding hydrogens is 250 g/mol. The second-order valence-corrected chi connectivity index (χ2v) is 4.74. The van der Waals surface area contributed by atoms with Crippen LogP contribution in [0, 0.1) is 0 Å². The van der Waals surface area contributed by atoms with Crippen LogP contribution in [-0.2, 0) is 0 Å². The first-order chi connectivity index (χ1) is 8.83. The molecule has 5 nitrogen and oxygen atoms in total. The number of aromatic amines is 1. The summed E-state index contributed by atoms with van der Waals surface area (Å²) < 4.78 is 0. The van der Waals surface area contributed by atoms with Crippen LogP contribution < -0.4 is 5.32 Å². The second-order valence-electron chi connectivity index (χ2n) is 4.40. The van der Waals surface area contributed by atoms with E-state index in [1.165, 1.54) is 24.8 Å². The molecule has 1 aliphatic rings. The van der Waals surface area contributed by atoms with E-state index in [1.54, 1.807) is 6.20 Å². The molecule has 0 aromatic carbocycles. The summed E-state index contributed by atoms with van der Waals surface area (Å²) in [4.78, 5) is 8.27. The number of aromatic nitrogens is 4. The molecule has 0 aliphatic heterocycles. The highest BCUT2D eigenvalue weighted by molar-refractivity contribution is 6.28. The Morgan fingerprint density at radius 3 is 3.17 bits per heavy atom. The molecule has 1 aliphatic carbocycles. The van der Waals surface area contributed by atoms with Crippen LogP contribution in [0.2, 0.25) is 5.28 Å². The van der Waals surface area contributed by atoms with Crippen molar-refractivity contribution in [1.29, 1.82) is 0 Å². The van der Waals surface area contributed by atoms with Gasteiger partial charge in [-0.05, 0) is 37.3 Å². The number of rotatable bonds is 4. The normalized spacial score (nSPS) is 15.1. The monoisotopic (exact) mass is 263 g/mol. The Kier molecular flexibility index (Phi) is 3.15. The molecule has 0 saturated heterocycles. The first-order valence-electron chi connectivity index (χ1n) is 6.11. The minimum absolute atomic E-state index is 0.231. The van der Waals surface area contributed by atoms with Crippen LogP contribution in [-0.4, -0.2) is 26.7 Å². The number of allylic oxidation sites excluding steroid dienone is 1. The van der Waals surface area contributed by atoms with Crippen LogP contribution in [0.25, 0.3) is 11.0 Å². The summed E-state index contributed by atoms with van der Waals surface area (Å²) in [5, 5.41) is 11.2. The maximum Gasteiger partial charge on any atom is 0.226 e. The standard InChI is InChI=1S/C12H14ClN5/c13-12-16-10(9-7-15-18-11(9)17-12)14-6-5-8-3-1-2-4-8/h3,7H,1-2,4-6H2,(H2,14,15,16,17,18). The van der Waals surface area contributed by atoms with E-state index in [-0.39, 0.29) is 5.28 Å². The summed E-state index contributed by atoms with van der Waals surface area (Å²) >= 11 is 5.87. The maximum absolute atomic E-state index is 5.87. The summed E-state index contributed by atoms with van der Waals surface area (Å²) in [6.07, 6.45) is 8.85. The van der Waals surface area contributed by atoms with Crippen molar-refractivity contribution in [1.82, 2.24) is 20.2 Å². The van der Waals surface area contributed by atoms with E-state index in [0.29, 0.717) is 5.65 Å². The number of hydrogen-bond donors (Lipinski definition) is 2. The smallest absolute Gasteiger partial charge is 0.226 e. The van der Waals surface area contributed by atoms with E-state index < -0.39 is 0 Å². The Balaban J connectivity index is 1.71. The zero-order valence-corrected chi connectivity index (χ0v) is 10.7. The topological polar surface area (TPSA) is 66.5 Å². The van der Waals surface area contributed by atoms with Crippen molar-refractivity contribution in [2.24, 2.45) is 0 Å². The second kappa shape index (κ2) is 4.94. The van der Waals surface area contributed by atoms with Crippen molar-refractivity contribution in [3.05, 3.63) is 23.1 Å². The van der Waals surface area contributed by atoms with Gasteiger partial charge >= 0.3 is 0 Å². The Bertz CT molecular complexity index is 589. The van der Waals surface area contributed by atoms with Gasteiger partial charge in [0, 0.05) is 6.54 Å². The first kappa shape index (κ1) is 11.5. The van der Waals surface area contributed by atoms with Crippen molar-refractivity contribution < 1.29 is 0 Å². The Morgan fingerprint density at radius 1 is 1.39 bits per heavy atom. The quantitative estimate of drug-likeness (QED) is 0.657. The molecule has 0 unspecified atom stereocenters. The van der Waals surface area contributed by atoms with Crippen LogP contribution in [0.15, 0.2) is 17.8 Å². The molecule has 94 valence electrons. The van der Waals surface area contributed by atoms with Gasteiger partial charge in [-0.2, -0.15) is 15.1 Å². The molecule has 2 heterocycles. The molecule has 0 spiro atoms. The van der Waals surface area contributed by atoms with Gasteiger partial charge in [0.1, 0.15) is 5.82 Å². The lowest BCUT2D eigenvalue weighted by molar-refractivity contribution is 0.862. The largest absolute Gasteiger partial charge is 0.369 e. The first-order valence-corrected chi connectivity index (χ1v) is 6.49. The predicted molar refractivity (Wildman–Crippen MR) is 71.7 cm³/mol. The highest BCUT2D eigenvalue weighted by Crippen LogP contribution is 2.22. The Morgan fingerprint density at radius 2 is 2.33 bits per heavy atom. The van der Waals surface area contributed by atoms with E-state index in [9.17, 15) is 0 Å². The van der Waals surface area contributed by atoms with Crippen molar-refractivity contribution >= 4 is 28.5 Å².